The van der Waals surface area contributed by atoms with Gasteiger partial charge in [0.15, 0.2) is 5.84 Å². The Morgan fingerprint density at radius 3 is 2.24 bits per heavy atom. The smallest absolute Gasteiger partial charge is 0.156 e. The number of aliphatic imine (C=N–C) groups is 2. The average Bonchev–Trinajstić information content (AvgIpc) is 3.55. The quantitative estimate of drug-likeness (QED) is 0.135. The van der Waals surface area contributed by atoms with Gasteiger partial charge in [-0.15, -0.1) is 0 Å². The average molecular weight is 639 g/mol. The largest absolute Gasteiger partial charge is 0.456 e. The summed E-state index contributed by atoms with van der Waals surface area (Å²) in [5.41, 5.74) is 16.7. The van der Waals surface area contributed by atoms with E-state index in [4.69, 9.17) is 14.4 Å². The van der Waals surface area contributed by atoms with E-state index in [0.29, 0.717) is 0 Å². The molecular weight excluding hydrogens is 597 g/mol. The first-order chi connectivity index (χ1) is 24.1. The second-order valence-corrected chi connectivity index (χ2v) is 13.4. The van der Waals surface area contributed by atoms with Crippen LogP contribution < -0.4 is 10.6 Å². The molecule has 3 nitrogen and oxygen atoms in total. The van der Waals surface area contributed by atoms with Gasteiger partial charge in [-0.2, -0.15) is 0 Å². The molecule has 0 amide bonds. The molecule has 4 aromatic carbocycles. The summed E-state index contributed by atoms with van der Waals surface area (Å²) in [6, 6.07) is 30.1. The lowest BCUT2D eigenvalue weighted by Gasteiger charge is -2.23. The van der Waals surface area contributed by atoms with Crippen molar-refractivity contribution in [2.75, 3.05) is 0 Å². The van der Waals surface area contributed by atoms with Gasteiger partial charge in [0.1, 0.15) is 11.0 Å². The van der Waals surface area contributed by atoms with E-state index in [2.05, 4.69) is 130 Å². The summed E-state index contributed by atoms with van der Waals surface area (Å²) in [6.07, 6.45) is 18.7. The molecule has 0 spiro atoms. The van der Waals surface area contributed by atoms with Crippen LogP contribution in [0.2, 0.25) is 0 Å². The number of hydrogen-bond acceptors (Lipinski definition) is 2. The molecule has 1 aromatic heterocycles. The van der Waals surface area contributed by atoms with Crippen molar-refractivity contribution in [1.82, 2.24) is 0 Å². The van der Waals surface area contributed by atoms with Crippen molar-refractivity contribution in [2.45, 2.75) is 65.7 Å². The van der Waals surface area contributed by atoms with Crippen molar-refractivity contribution < 1.29 is 4.42 Å². The zero-order valence-electron chi connectivity index (χ0n) is 28.7. The van der Waals surface area contributed by atoms with Crippen LogP contribution >= 0.6 is 0 Å². The van der Waals surface area contributed by atoms with Crippen LogP contribution in [0.15, 0.2) is 117 Å². The molecule has 3 aliphatic rings. The summed E-state index contributed by atoms with van der Waals surface area (Å²) in [5, 5.41) is 2.24. The normalized spacial score (nSPS) is 16.2. The Bertz CT molecular complexity index is 2360. The van der Waals surface area contributed by atoms with E-state index in [-0.39, 0.29) is 0 Å². The maximum absolute atomic E-state index is 6.60. The fourth-order valence-electron chi connectivity index (χ4n) is 7.62. The van der Waals surface area contributed by atoms with Crippen LogP contribution in [0.4, 0.5) is 0 Å². The van der Waals surface area contributed by atoms with Crippen molar-refractivity contribution in [1.29, 1.82) is 0 Å². The molecule has 1 heterocycles. The SMILES string of the molecule is CC\C(C)=C(/N=C(\N=C(/C)c1ccccc1)C1=c2c(oc3ccc(-c4cc5c(c6c4C=CCC6)CCC=C5)cc23)=CCC1)c1ccccc1. The minimum atomic E-state index is 0.759. The number of allylic oxidation sites excluding steroid dienone is 3. The second kappa shape index (κ2) is 13.3. The summed E-state index contributed by atoms with van der Waals surface area (Å²) in [7, 11) is 0. The predicted molar refractivity (Wildman–Crippen MR) is 208 cm³/mol. The van der Waals surface area contributed by atoms with Crippen molar-refractivity contribution in [2.24, 2.45) is 9.98 Å². The molecule has 8 rings (SSSR count). The van der Waals surface area contributed by atoms with E-state index >= 15 is 0 Å². The summed E-state index contributed by atoms with van der Waals surface area (Å²) >= 11 is 0. The summed E-state index contributed by atoms with van der Waals surface area (Å²) in [4.78, 5) is 10.8. The lowest BCUT2D eigenvalue weighted by Crippen LogP contribution is -2.29. The van der Waals surface area contributed by atoms with Crippen LogP contribution in [-0.4, -0.2) is 11.5 Å². The third-order valence-electron chi connectivity index (χ3n) is 10.3. The second-order valence-electron chi connectivity index (χ2n) is 13.4. The van der Waals surface area contributed by atoms with Gasteiger partial charge in [0.2, 0.25) is 0 Å². The Balaban J connectivity index is 1.39. The van der Waals surface area contributed by atoms with Crippen molar-refractivity contribution in [3.8, 4) is 11.1 Å². The van der Waals surface area contributed by atoms with Crippen LogP contribution in [0, 0.1) is 0 Å². The molecule has 242 valence electrons. The number of rotatable bonds is 6. The fraction of sp³-hybridized carbons (Fsp3) is 0.217. The molecule has 0 saturated carbocycles. The van der Waals surface area contributed by atoms with Crippen molar-refractivity contribution in [3.05, 3.63) is 147 Å². The van der Waals surface area contributed by atoms with Gasteiger partial charge in [-0.1, -0.05) is 98.0 Å². The Labute approximate surface area is 289 Å². The van der Waals surface area contributed by atoms with Gasteiger partial charge in [0.05, 0.1) is 5.70 Å². The van der Waals surface area contributed by atoms with Crippen LogP contribution in [0.25, 0.3) is 51.6 Å². The van der Waals surface area contributed by atoms with Crippen LogP contribution in [0.3, 0.4) is 0 Å². The molecule has 0 aliphatic heterocycles. The van der Waals surface area contributed by atoms with E-state index in [1.165, 1.54) is 39.0 Å². The molecule has 5 aromatic rings. The summed E-state index contributed by atoms with van der Waals surface area (Å²) in [6.45, 7) is 6.47. The molecule has 0 saturated heterocycles. The summed E-state index contributed by atoms with van der Waals surface area (Å²) < 4.78 is 6.60. The third-order valence-corrected chi connectivity index (χ3v) is 10.3. The van der Waals surface area contributed by atoms with Gasteiger partial charge in [0.25, 0.3) is 0 Å². The zero-order valence-corrected chi connectivity index (χ0v) is 28.7. The van der Waals surface area contributed by atoms with E-state index in [9.17, 15) is 0 Å². The monoisotopic (exact) mass is 638 g/mol. The fourth-order valence-corrected chi connectivity index (χ4v) is 7.62. The first-order valence-corrected chi connectivity index (χ1v) is 17.8. The Morgan fingerprint density at radius 1 is 0.735 bits per heavy atom. The number of hydrogen-bond donors (Lipinski definition) is 0. The van der Waals surface area contributed by atoms with Gasteiger partial charge in [-0.25, -0.2) is 9.98 Å². The molecule has 0 unspecified atom stereocenters. The number of amidine groups is 1. The highest BCUT2D eigenvalue weighted by atomic mass is 16.3. The van der Waals surface area contributed by atoms with Crippen LogP contribution in [0.1, 0.15) is 86.3 Å². The predicted octanol–water partition coefficient (Wildman–Crippen LogP) is 10.5. The van der Waals surface area contributed by atoms with Gasteiger partial charge >= 0.3 is 0 Å². The molecule has 0 atom stereocenters. The Morgan fingerprint density at radius 2 is 1.47 bits per heavy atom. The number of furan rings is 1. The molecule has 0 N–H and O–H groups in total. The topological polar surface area (TPSA) is 37.9 Å². The third kappa shape index (κ3) is 5.88. The number of nitrogens with zero attached hydrogens (tertiary/aromatic N) is 2. The molecular formula is C46H42N2O. The first-order valence-electron chi connectivity index (χ1n) is 17.8. The molecule has 0 bridgehead atoms. The van der Waals surface area contributed by atoms with E-state index in [0.717, 1.165) is 100 Å². The highest BCUT2D eigenvalue weighted by molar-refractivity contribution is 6.25. The lowest BCUT2D eigenvalue weighted by atomic mass is 9.81. The number of fused-ring (bicyclic) bond motifs is 6. The Kier molecular flexibility index (Phi) is 8.43. The molecule has 3 heteroatoms. The molecule has 49 heavy (non-hydrogen) atoms. The highest BCUT2D eigenvalue weighted by Gasteiger charge is 2.22. The lowest BCUT2D eigenvalue weighted by molar-refractivity contribution is 0.571. The van der Waals surface area contributed by atoms with Crippen LogP contribution in [0.5, 0.6) is 0 Å². The maximum Gasteiger partial charge on any atom is 0.156 e. The van der Waals surface area contributed by atoms with E-state index in [1.807, 2.05) is 6.07 Å². The molecule has 0 fully saturated rings. The molecule has 0 radical (unpaired) electrons. The minimum absolute atomic E-state index is 0.759. The van der Waals surface area contributed by atoms with Gasteiger partial charge in [0, 0.05) is 27.5 Å². The van der Waals surface area contributed by atoms with Gasteiger partial charge in [-0.3, -0.25) is 0 Å². The molecule has 3 aliphatic carbocycles. The summed E-state index contributed by atoms with van der Waals surface area (Å²) in [5.74, 6) is 0.759. The van der Waals surface area contributed by atoms with E-state index < -0.39 is 0 Å². The van der Waals surface area contributed by atoms with Gasteiger partial charge in [-0.05, 0) is 128 Å². The zero-order chi connectivity index (χ0) is 33.3. The highest BCUT2D eigenvalue weighted by Crippen LogP contribution is 2.38. The van der Waals surface area contributed by atoms with Crippen molar-refractivity contribution >= 4 is 52.0 Å². The standard InChI is InChI=1S/C46H42N2O/c1-4-30(2)45(33-18-9-6-10-19-33)48-46(47-31(3)32-16-7-5-8-17-32)39-24-15-25-43-44(39)41-29-35(26-27-42(41)49-43)40-28-34-20-11-12-21-36(34)37-22-13-14-23-38(37)40/h5-11,14,16-20,23,25-29H,4,12-13,15,21-22,24H2,1-3H3/b45-30-,47-31+,48-46-. The first kappa shape index (κ1) is 31.0. The van der Waals surface area contributed by atoms with Crippen LogP contribution in [-0.2, 0) is 12.8 Å². The van der Waals surface area contributed by atoms with Gasteiger partial charge < -0.3 is 4.42 Å². The van der Waals surface area contributed by atoms with Crippen molar-refractivity contribution in [3.63, 3.8) is 0 Å². The minimum Gasteiger partial charge on any atom is -0.456 e. The van der Waals surface area contributed by atoms with E-state index in [1.54, 1.807) is 0 Å². The number of benzene rings is 4. The Hall–Kier alpha value is -5.28. The maximum atomic E-state index is 6.60.